The van der Waals surface area contributed by atoms with Crippen molar-refractivity contribution in [3.8, 4) is 0 Å². The molecule has 0 atom stereocenters. The second-order valence-electron chi connectivity index (χ2n) is 3.36. The normalized spacial score (nSPS) is 10.6. The predicted octanol–water partition coefficient (Wildman–Crippen LogP) is 1.34. The lowest BCUT2D eigenvalue weighted by Gasteiger charge is -2.06. The highest BCUT2D eigenvalue weighted by Gasteiger charge is 2.15. The Kier molecular flexibility index (Phi) is 2.52. The summed E-state index contributed by atoms with van der Waals surface area (Å²) in [6, 6.07) is 6.94. The highest BCUT2D eigenvalue weighted by atomic mass is 16.6. The van der Waals surface area contributed by atoms with Gasteiger partial charge in [-0.1, -0.05) is 12.1 Å². The average Bonchev–Trinajstić information content (AvgIpc) is 2.53. The van der Waals surface area contributed by atoms with Gasteiger partial charge >= 0.3 is 6.09 Å². The van der Waals surface area contributed by atoms with Gasteiger partial charge in [0.05, 0.1) is 17.5 Å². The van der Waals surface area contributed by atoms with Crippen molar-refractivity contribution in [3.05, 3.63) is 34.6 Å². The Labute approximate surface area is 91.8 Å². The molecule has 0 fully saturated rings. The van der Waals surface area contributed by atoms with Crippen molar-refractivity contribution in [2.45, 2.75) is 6.92 Å². The molecule has 2 aromatic rings. The number of carbonyl (C=O) groups is 1. The van der Waals surface area contributed by atoms with Gasteiger partial charge in [0.25, 0.3) is 5.56 Å². The second kappa shape index (κ2) is 3.84. The van der Waals surface area contributed by atoms with E-state index >= 15 is 0 Å². The molecule has 0 saturated carbocycles. The predicted molar refractivity (Wildman–Crippen MR) is 59.6 cm³/mol. The molecule has 0 unspecified atom stereocenters. The van der Waals surface area contributed by atoms with Crippen molar-refractivity contribution in [1.29, 1.82) is 0 Å². The number of nitrogens with zero attached hydrogens (tertiary/aromatic N) is 2. The molecule has 16 heavy (non-hydrogen) atoms. The summed E-state index contributed by atoms with van der Waals surface area (Å²) in [5, 5.41) is 0.512. The Bertz CT molecular complexity index is 595. The van der Waals surface area contributed by atoms with Crippen LogP contribution in [0.15, 0.2) is 29.1 Å². The number of fused-ring (bicyclic) bond motifs is 1. The van der Waals surface area contributed by atoms with Gasteiger partial charge in [-0.3, -0.25) is 4.79 Å². The van der Waals surface area contributed by atoms with Crippen LogP contribution in [0.5, 0.6) is 0 Å². The third-order valence-corrected chi connectivity index (χ3v) is 2.40. The average molecular weight is 220 g/mol. The van der Waals surface area contributed by atoms with Crippen molar-refractivity contribution >= 4 is 17.0 Å². The second-order valence-corrected chi connectivity index (χ2v) is 3.36. The fraction of sp³-hybridized carbons (Fsp3) is 0.273. The van der Waals surface area contributed by atoms with Crippen molar-refractivity contribution in [3.63, 3.8) is 0 Å². The lowest BCUT2D eigenvalue weighted by Crippen LogP contribution is -2.25. The number of hydrogen-bond donors (Lipinski definition) is 0. The van der Waals surface area contributed by atoms with Crippen LogP contribution >= 0.6 is 0 Å². The molecule has 0 aliphatic heterocycles. The van der Waals surface area contributed by atoms with Gasteiger partial charge in [-0.15, -0.1) is 0 Å². The molecular formula is C11H12N2O3. The summed E-state index contributed by atoms with van der Waals surface area (Å²) in [5.74, 6) is 0. The standard InChI is InChI=1S/C11H12N2O3/c1-3-16-11(15)13-9-7-5-4-6-8(9)10(14)12(13)2/h4-7H,3H2,1-2H3. The van der Waals surface area contributed by atoms with E-state index in [2.05, 4.69) is 0 Å². The molecule has 1 aromatic carbocycles. The maximum atomic E-state index is 11.8. The third kappa shape index (κ3) is 1.41. The highest BCUT2D eigenvalue weighted by molar-refractivity contribution is 5.87. The number of para-hydroxylation sites is 1. The van der Waals surface area contributed by atoms with Crippen LogP contribution in [0.25, 0.3) is 10.9 Å². The van der Waals surface area contributed by atoms with E-state index in [1.807, 2.05) is 0 Å². The first-order valence-corrected chi connectivity index (χ1v) is 5.00. The van der Waals surface area contributed by atoms with Crippen LogP contribution in [0.4, 0.5) is 4.79 Å². The van der Waals surface area contributed by atoms with Crippen LogP contribution in [-0.4, -0.2) is 22.1 Å². The quantitative estimate of drug-likeness (QED) is 0.728. The van der Waals surface area contributed by atoms with E-state index in [-0.39, 0.29) is 12.2 Å². The molecule has 0 bridgehead atoms. The van der Waals surface area contributed by atoms with Crippen molar-refractivity contribution in [2.75, 3.05) is 6.61 Å². The highest BCUT2D eigenvalue weighted by Crippen LogP contribution is 2.10. The molecule has 1 aromatic heterocycles. The zero-order chi connectivity index (χ0) is 11.7. The third-order valence-electron chi connectivity index (χ3n) is 2.40. The summed E-state index contributed by atoms with van der Waals surface area (Å²) in [7, 11) is 1.54. The number of rotatable bonds is 1. The lowest BCUT2D eigenvalue weighted by atomic mass is 10.2. The van der Waals surface area contributed by atoms with Crippen LogP contribution in [0.1, 0.15) is 6.92 Å². The van der Waals surface area contributed by atoms with E-state index in [1.165, 1.54) is 9.36 Å². The van der Waals surface area contributed by atoms with Gasteiger partial charge in [0, 0.05) is 7.05 Å². The zero-order valence-corrected chi connectivity index (χ0v) is 9.14. The first kappa shape index (κ1) is 10.5. The number of ether oxygens (including phenoxy) is 1. The van der Waals surface area contributed by atoms with E-state index < -0.39 is 6.09 Å². The Morgan fingerprint density at radius 1 is 1.38 bits per heavy atom. The van der Waals surface area contributed by atoms with E-state index in [4.69, 9.17) is 4.74 Å². The molecular weight excluding hydrogens is 208 g/mol. The summed E-state index contributed by atoms with van der Waals surface area (Å²) >= 11 is 0. The SMILES string of the molecule is CCOC(=O)n1c2ccccc2c(=O)n1C. The van der Waals surface area contributed by atoms with Crippen LogP contribution < -0.4 is 5.56 Å². The molecule has 84 valence electrons. The largest absolute Gasteiger partial charge is 0.448 e. The molecule has 0 N–H and O–H groups in total. The van der Waals surface area contributed by atoms with Crippen molar-refractivity contribution < 1.29 is 9.53 Å². The van der Waals surface area contributed by atoms with Gasteiger partial charge in [0.15, 0.2) is 0 Å². The van der Waals surface area contributed by atoms with Crippen LogP contribution in [0.3, 0.4) is 0 Å². The van der Waals surface area contributed by atoms with Crippen LogP contribution in [0, 0.1) is 0 Å². The lowest BCUT2D eigenvalue weighted by molar-refractivity contribution is 0.148. The summed E-state index contributed by atoms with van der Waals surface area (Å²) in [4.78, 5) is 23.5. The monoisotopic (exact) mass is 220 g/mol. The smallest absolute Gasteiger partial charge is 0.433 e. The fourth-order valence-corrected chi connectivity index (χ4v) is 1.67. The van der Waals surface area contributed by atoms with E-state index in [1.54, 1.807) is 38.2 Å². The van der Waals surface area contributed by atoms with Crippen molar-refractivity contribution in [1.82, 2.24) is 9.36 Å². The van der Waals surface area contributed by atoms with E-state index in [0.717, 1.165) is 0 Å². The summed E-state index contributed by atoms with van der Waals surface area (Å²) in [6.45, 7) is 2.00. The van der Waals surface area contributed by atoms with Gasteiger partial charge < -0.3 is 4.74 Å². The Morgan fingerprint density at radius 2 is 2.06 bits per heavy atom. The molecule has 5 heteroatoms. The Hall–Kier alpha value is -2.04. The summed E-state index contributed by atoms with van der Waals surface area (Å²) < 4.78 is 7.38. The van der Waals surface area contributed by atoms with Crippen LogP contribution in [-0.2, 0) is 11.8 Å². The van der Waals surface area contributed by atoms with E-state index in [9.17, 15) is 9.59 Å². The zero-order valence-electron chi connectivity index (χ0n) is 9.14. The van der Waals surface area contributed by atoms with Gasteiger partial charge in [-0.05, 0) is 19.1 Å². The first-order valence-electron chi connectivity index (χ1n) is 5.00. The molecule has 5 nitrogen and oxygen atoms in total. The molecule has 1 heterocycles. The number of hydrogen-bond acceptors (Lipinski definition) is 3. The molecule has 0 spiro atoms. The molecule has 0 amide bonds. The minimum atomic E-state index is -0.539. The molecule has 0 aliphatic rings. The maximum Gasteiger partial charge on any atom is 0.433 e. The van der Waals surface area contributed by atoms with Gasteiger partial charge in [0.2, 0.25) is 0 Å². The Balaban J connectivity index is 2.74. The number of carbonyl (C=O) groups excluding carboxylic acids is 1. The maximum absolute atomic E-state index is 11.8. The molecule has 0 radical (unpaired) electrons. The van der Waals surface area contributed by atoms with Crippen molar-refractivity contribution in [2.24, 2.45) is 7.05 Å². The van der Waals surface area contributed by atoms with Gasteiger partial charge in [0.1, 0.15) is 0 Å². The summed E-state index contributed by atoms with van der Waals surface area (Å²) in [5.41, 5.74) is 0.358. The number of aromatic nitrogens is 2. The Morgan fingerprint density at radius 3 is 2.75 bits per heavy atom. The van der Waals surface area contributed by atoms with Crippen LogP contribution in [0.2, 0.25) is 0 Å². The summed E-state index contributed by atoms with van der Waals surface area (Å²) in [6.07, 6.45) is -0.539. The molecule has 0 saturated heterocycles. The van der Waals surface area contributed by atoms with Gasteiger partial charge in [-0.25, -0.2) is 9.48 Å². The number of benzene rings is 1. The van der Waals surface area contributed by atoms with E-state index in [0.29, 0.717) is 10.9 Å². The minimum Gasteiger partial charge on any atom is -0.448 e. The molecule has 2 rings (SSSR count). The first-order chi connectivity index (χ1) is 7.66. The van der Waals surface area contributed by atoms with Gasteiger partial charge in [-0.2, -0.15) is 4.68 Å². The molecule has 0 aliphatic carbocycles. The fourth-order valence-electron chi connectivity index (χ4n) is 1.67. The minimum absolute atomic E-state index is 0.205. The topological polar surface area (TPSA) is 53.2 Å².